The summed E-state index contributed by atoms with van der Waals surface area (Å²) in [5.41, 5.74) is 3.17. The quantitative estimate of drug-likeness (QED) is 0.642. The zero-order valence-corrected chi connectivity index (χ0v) is 9.17. The molecule has 0 atom stereocenters. The third kappa shape index (κ3) is 1.92. The van der Waals surface area contributed by atoms with Crippen molar-refractivity contribution in [1.29, 1.82) is 0 Å². The van der Waals surface area contributed by atoms with Crippen LogP contribution in [-0.2, 0) is 5.41 Å². The Kier molecular flexibility index (Phi) is 2.90. The van der Waals surface area contributed by atoms with Gasteiger partial charge < -0.3 is 0 Å². The van der Waals surface area contributed by atoms with Crippen LogP contribution in [0.4, 0.5) is 0 Å². The lowest BCUT2D eigenvalue weighted by Crippen LogP contribution is -2.18. The van der Waals surface area contributed by atoms with E-state index in [-0.39, 0.29) is 5.41 Å². The summed E-state index contributed by atoms with van der Waals surface area (Å²) < 4.78 is 0. The van der Waals surface area contributed by atoms with Crippen LogP contribution in [0.1, 0.15) is 25.0 Å². The monoisotopic (exact) mass is 187 g/mol. The SMILES string of the molecule is C=NC(=C)C(C)(C)c1cccc(C)c1. The van der Waals surface area contributed by atoms with Crippen LogP contribution in [0.2, 0.25) is 0 Å². The molecule has 0 fully saturated rings. The van der Waals surface area contributed by atoms with Crippen molar-refractivity contribution in [1.82, 2.24) is 0 Å². The largest absolute Gasteiger partial charge is 0.269 e. The highest BCUT2D eigenvalue weighted by Gasteiger charge is 2.23. The molecule has 0 N–H and O–H groups in total. The maximum absolute atomic E-state index is 3.92. The van der Waals surface area contributed by atoms with Gasteiger partial charge in [-0.25, -0.2) is 0 Å². The zero-order chi connectivity index (χ0) is 10.8. The summed E-state index contributed by atoms with van der Waals surface area (Å²) in [4.78, 5) is 3.92. The van der Waals surface area contributed by atoms with Crippen molar-refractivity contribution in [2.45, 2.75) is 26.2 Å². The topological polar surface area (TPSA) is 12.4 Å². The molecule has 1 aromatic carbocycles. The maximum atomic E-state index is 3.92. The molecule has 1 heteroatoms. The molecule has 1 nitrogen and oxygen atoms in total. The van der Waals surface area contributed by atoms with E-state index in [1.807, 2.05) is 0 Å². The van der Waals surface area contributed by atoms with E-state index in [9.17, 15) is 0 Å². The van der Waals surface area contributed by atoms with Gasteiger partial charge in [0.25, 0.3) is 0 Å². The number of aliphatic imine (C=N–C) groups is 1. The predicted octanol–water partition coefficient (Wildman–Crippen LogP) is 3.49. The van der Waals surface area contributed by atoms with E-state index >= 15 is 0 Å². The molecule has 0 aliphatic carbocycles. The standard InChI is InChI=1S/C13H17N/c1-10-7-6-8-12(9-10)13(3,4)11(2)14-5/h6-9H,2,5H2,1,3-4H3. The molecule has 0 spiro atoms. The Hall–Kier alpha value is -1.37. The Morgan fingerprint density at radius 3 is 2.50 bits per heavy atom. The minimum Gasteiger partial charge on any atom is -0.269 e. The number of nitrogens with zero attached hydrogens (tertiary/aromatic N) is 1. The summed E-state index contributed by atoms with van der Waals surface area (Å²) in [6, 6.07) is 8.41. The molecule has 0 radical (unpaired) electrons. The Balaban J connectivity index is 3.15. The van der Waals surface area contributed by atoms with Crippen molar-refractivity contribution in [3.63, 3.8) is 0 Å². The average Bonchev–Trinajstić information content (AvgIpc) is 2.16. The second kappa shape index (κ2) is 3.79. The van der Waals surface area contributed by atoms with Crippen molar-refractivity contribution in [2.24, 2.45) is 4.99 Å². The Labute approximate surface area is 86.2 Å². The Morgan fingerprint density at radius 2 is 2.00 bits per heavy atom. The van der Waals surface area contributed by atoms with Crippen LogP contribution in [0, 0.1) is 6.92 Å². The van der Waals surface area contributed by atoms with E-state index in [4.69, 9.17) is 0 Å². The molecule has 0 bridgehead atoms. The molecule has 1 rings (SSSR count). The Morgan fingerprint density at radius 1 is 1.36 bits per heavy atom. The summed E-state index contributed by atoms with van der Waals surface area (Å²) in [6.45, 7) is 13.8. The normalized spacial score (nSPS) is 11.1. The fourth-order valence-corrected chi connectivity index (χ4v) is 1.40. The lowest BCUT2D eigenvalue weighted by molar-refractivity contribution is 0.619. The minimum atomic E-state index is -0.131. The average molecular weight is 187 g/mol. The fourth-order valence-electron chi connectivity index (χ4n) is 1.40. The predicted molar refractivity (Wildman–Crippen MR) is 62.9 cm³/mol. The molecule has 0 aliphatic heterocycles. The highest BCUT2D eigenvalue weighted by molar-refractivity contribution is 5.39. The highest BCUT2D eigenvalue weighted by Crippen LogP contribution is 2.31. The van der Waals surface area contributed by atoms with Crippen LogP contribution < -0.4 is 0 Å². The third-order valence-electron chi connectivity index (χ3n) is 2.65. The van der Waals surface area contributed by atoms with Gasteiger partial charge in [0.2, 0.25) is 0 Å². The summed E-state index contributed by atoms with van der Waals surface area (Å²) in [5.74, 6) is 0. The first-order chi connectivity index (χ1) is 6.48. The molecule has 0 saturated carbocycles. The van der Waals surface area contributed by atoms with Crippen molar-refractivity contribution in [3.05, 3.63) is 47.7 Å². The van der Waals surface area contributed by atoms with Gasteiger partial charge >= 0.3 is 0 Å². The number of allylic oxidation sites excluding steroid dienone is 1. The van der Waals surface area contributed by atoms with Crippen LogP contribution in [-0.4, -0.2) is 6.72 Å². The van der Waals surface area contributed by atoms with Crippen molar-refractivity contribution >= 4 is 6.72 Å². The number of hydrogen-bond acceptors (Lipinski definition) is 1. The molecule has 0 unspecified atom stereocenters. The van der Waals surface area contributed by atoms with Gasteiger partial charge in [-0.05, 0) is 19.2 Å². The first-order valence-electron chi connectivity index (χ1n) is 4.71. The molecule has 74 valence electrons. The molecule has 0 amide bonds. The van der Waals surface area contributed by atoms with Gasteiger partial charge in [0.1, 0.15) is 0 Å². The summed E-state index contributed by atoms with van der Waals surface area (Å²) in [7, 11) is 0. The van der Waals surface area contributed by atoms with Gasteiger partial charge in [-0.15, -0.1) is 0 Å². The Bertz CT molecular complexity index is 361. The molecule has 0 saturated heterocycles. The highest BCUT2D eigenvalue weighted by atomic mass is 14.7. The number of aryl methyl sites for hydroxylation is 1. The van der Waals surface area contributed by atoms with E-state index in [2.05, 4.69) is 63.3 Å². The molecule has 0 aliphatic rings. The molecule has 14 heavy (non-hydrogen) atoms. The van der Waals surface area contributed by atoms with E-state index in [0.717, 1.165) is 5.70 Å². The fraction of sp³-hybridized carbons (Fsp3) is 0.308. The first kappa shape index (κ1) is 10.7. The smallest absolute Gasteiger partial charge is 0.0424 e. The number of hydrogen-bond donors (Lipinski definition) is 0. The van der Waals surface area contributed by atoms with Crippen molar-refractivity contribution in [2.75, 3.05) is 0 Å². The van der Waals surface area contributed by atoms with Crippen LogP contribution in [0.5, 0.6) is 0 Å². The van der Waals surface area contributed by atoms with Crippen molar-refractivity contribution < 1.29 is 0 Å². The molecule has 1 aromatic rings. The first-order valence-corrected chi connectivity index (χ1v) is 4.71. The van der Waals surface area contributed by atoms with Crippen LogP contribution in [0.25, 0.3) is 0 Å². The summed E-state index contributed by atoms with van der Waals surface area (Å²) in [6.07, 6.45) is 0. The molecular weight excluding hydrogens is 170 g/mol. The summed E-state index contributed by atoms with van der Waals surface area (Å²) >= 11 is 0. The molecule has 0 aromatic heterocycles. The summed E-state index contributed by atoms with van der Waals surface area (Å²) in [5, 5.41) is 0. The van der Waals surface area contributed by atoms with Crippen LogP contribution in [0.3, 0.4) is 0 Å². The van der Waals surface area contributed by atoms with Gasteiger partial charge in [0.15, 0.2) is 0 Å². The van der Waals surface area contributed by atoms with E-state index in [1.165, 1.54) is 11.1 Å². The molecule has 0 heterocycles. The molecular formula is C13H17N. The van der Waals surface area contributed by atoms with E-state index in [1.54, 1.807) is 0 Å². The minimum absolute atomic E-state index is 0.131. The van der Waals surface area contributed by atoms with Gasteiger partial charge in [0.05, 0.1) is 0 Å². The number of rotatable bonds is 3. The maximum Gasteiger partial charge on any atom is 0.0424 e. The van der Waals surface area contributed by atoms with Gasteiger partial charge in [0, 0.05) is 11.1 Å². The second-order valence-electron chi connectivity index (χ2n) is 4.10. The van der Waals surface area contributed by atoms with Crippen molar-refractivity contribution in [3.8, 4) is 0 Å². The van der Waals surface area contributed by atoms with Gasteiger partial charge in [-0.2, -0.15) is 0 Å². The van der Waals surface area contributed by atoms with Crippen LogP contribution >= 0.6 is 0 Å². The van der Waals surface area contributed by atoms with E-state index < -0.39 is 0 Å². The number of benzene rings is 1. The zero-order valence-electron chi connectivity index (χ0n) is 9.17. The second-order valence-corrected chi connectivity index (χ2v) is 4.10. The third-order valence-corrected chi connectivity index (χ3v) is 2.65. The lowest BCUT2D eigenvalue weighted by atomic mass is 9.81. The van der Waals surface area contributed by atoms with Gasteiger partial charge in [-0.1, -0.05) is 50.3 Å². The van der Waals surface area contributed by atoms with Crippen LogP contribution in [0.15, 0.2) is 41.5 Å². The van der Waals surface area contributed by atoms with Gasteiger partial charge in [-0.3, -0.25) is 4.99 Å². The van der Waals surface area contributed by atoms with E-state index in [0.29, 0.717) is 0 Å². The lowest BCUT2D eigenvalue weighted by Gasteiger charge is -2.25.